The zero-order chi connectivity index (χ0) is 17.8. The maximum atomic E-state index is 13.0. The van der Waals surface area contributed by atoms with Crippen molar-refractivity contribution in [2.75, 3.05) is 0 Å². The van der Waals surface area contributed by atoms with Crippen molar-refractivity contribution in [3.63, 3.8) is 0 Å². The minimum atomic E-state index is -0.526. The maximum Gasteiger partial charge on any atom is 0.254 e. The number of nitrogens with zero attached hydrogens (tertiary/aromatic N) is 2. The second kappa shape index (κ2) is 5.65. The van der Waals surface area contributed by atoms with Crippen LogP contribution in [0.25, 0.3) is 11.0 Å². The second-order valence-electron chi connectivity index (χ2n) is 7.46. The highest BCUT2D eigenvalue weighted by molar-refractivity contribution is 6.03. The number of nitrogens with one attached hydrogen (secondary N) is 1. The first-order valence-corrected chi connectivity index (χ1v) is 9.17. The molecule has 0 aliphatic carbocycles. The van der Waals surface area contributed by atoms with Gasteiger partial charge in [-0.2, -0.15) is 0 Å². The molecule has 2 bridgehead atoms. The molecular weight excluding hydrogens is 334 g/mol. The van der Waals surface area contributed by atoms with Gasteiger partial charge in [-0.25, -0.2) is 0 Å². The van der Waals surface area contributed by atoms with Crippen LogP contribution in [0.2, 0.25) is 0 Å². The number of hydrogen-bond acceptors (Lipinski definition) is 5. The van der Waals surface area contributed by atoms with E-state index in [0.717, 1.165) is 25.7 Å². The van der Waals surface area contributed by atoms with Crippen molar-refractivity contribution < 1.29 is 18.9 Å². The predicted octanol–water partition coefficient (Wildman–Crippen LogP) is 2.12. The third-order valence-electron chi connectivity index (χ3n) is 6.00. The Morgan fingerprint density at radius 3 is 2.54 bits per heavy atom. The largest absolute Gasteiger partial charge is 0.356 e. The lowest BCUT2D eigenvalue weighted by molar-refractivity contribution is -0.134. The molecule has 1 aromatic heterocycles. The summed E-state index contributed by atoms with van der Waals surface area (Å²) in [6.45, 7) is 0. The Kier molecular flexibility index (Phi) is 3.38. The van der Waals surface area contributed by atoms with Crippen molar-refractivity contribution in [1.82, 2.24) is 15.4 Å². The fourth-order valence-electron chi connectivity index (χ4n) is 4.69. The molecule has 5 rings (SSSR count). The summed E-state index contributed by atoms with van der Waals surface area (Å²) in [4.78, 5) is 38.6. The van der Waals surface area contributed by atoms with E-state index < -0.39 is 5.92 Å². The van der Waals surface area contributed by atoms with Gasteiger partial charge in [-0.1, -0.05) is 5.16 Å². The summed E-state index contributed by atoms with van der Waals surface area (Å²) in [5.41, 5.74) is 1.66. The van der Waals surface area contributed by atoms with Crippen LogP contribution in [-0.4, -0.2) is 39.9 Å². The Morgan fingerprint density at radius 1 is 1.12 bits per heavy atom. The van der Waals surface area contributed by atoms with Crippen molar-refractivity contribution in [1.29, 1.82) is 0 Å². The second-order valence-corrected chi connectivity index (χ2v) is 7.46. The van der Waals surface area contributed by atoms with Crippen molar-refractivity contribution in [2.24, 2.45) is 0 Å². The topological polar surface area (TPSA) is 92.5 Å². The maximum absolute atomic E-state index is 13.0. The molecule has 3 aliphatic rings. The van der Waals surface area contributed by atoms with E-state index in [0.29, 0.717) is 40.7 Å². The average Bonchev–Trinajstić information content (AvgIpc) is 3.34. The molecule has 3 fully saturated rings. The lowest BCUT2D eigenvalue weighted by atomic mass is 9.92. The van der Waals surface area contributed by atoms with E-state index >= 15 is 0 Å². The molecule has 1 atom stereocenters. The van der Waals surface area contributed by atoms with E-state index in [9.17, 15) is 14.4 Å². The van der Waals surface area contributed by atoms with Crippen LogP contribution in [0.15, 0.2) is 22.7 Å². The zero-order valence-electron chi connectivity index (χ0n) is 14.2. The number of carbonyl (C=O) groups is 3. The van der Waals surface area contributed by atoms with Gasteiger partial charge >= 0.3 is 0 Å². The minimum Gasteiger partial charge on any atom is -0.356 e. The van der Waals surface area contributed by atoms with Crippen molar-refractivity contribution in [3.05, 3.63) is 29.5 Å². The third kappa shape index (κ3) is 2.26. The molecule has 1 unspecified atom stereocenters. The van der Waals surface area contributed by atoms with Crippen molar-refractivity contribution in [3.8, 4) is 0 Å². The molecule has 3 amide bonds. The molecule has 7 nitrogen and oxygen atoms in total. The van der Waals surface area contributed by atoms with Gasteiger partial charge in [0.1, 0.15) is 5.69 Å². The van der Waals surface area contributed by atoms with Crippen LogP contribution in [0, 0.1) is 0 Å². The number of hydrogen-bond donors (Lipinski definition) is 1. The highest BCUT2D eigenvalue weighted by Crippen LogP contribution is 2.39. The lowest BCUT2D eigenvalue weighted by Crippen LogP contribution is -2.39. The van der Waals surface area contributed by atoms with Crippen LogP contribution < -0.4 is 5.32 Å². The summed E-state index contributed by atoms with van der Waals surface area (Å²) in [6.07, 6.45) is 5.04. The van der Waals surface area contributed by atoms with Crippen molar-refractivity contribution in [2.45, 2.75) is 56.5 Å². The first-order chi connectivity index (χ1) is 12.6. The van der Waals surface area contributed by atoms with E-state index in [2.05, 4.69) is 10.5 Å². The number of piperidine rings is 1. The molecule has 1 aromatic carbocycles. The highest BCUT2D eigenvalue weighted by atomic mass is 16.5. The van der Waals surface area contributed by atoms with Crippen LogP contribution in [0.1, 0.15) is 60.5 Å². The van der Waals surface area contributed by atoms with Gasteiger partial charge in [0, 0.05) is 29.5 Å². The summed E-state index contributed by atoms with van der Waals surface area (Å²) in [6, 6.07) is 6.01. The van der Waals surface area contributed by atoms with Crippen LogP contribution in [0.3, 0.4) is 0 Å². The van der Waals surface area contributed by atoms with Crippen LogP contribution in [0.5, 0.6) is 0 Å². The predicted molar refractivity (Wildman–Crippen MR) is 91.3 cm³/mol. The zero-order valence-corrected chi connectivity index (χ0v) is 14.2. The summed E-state index contributed by atoms with van der Waals surface area (Å²) >= 11 is 0. The fourth-order valence-corrected chi connectivity index (χ4v) is 4.69. The Hall–Kier alpha value is -2.70. The molecule has 4 heterocycles. The fraction of sp³-hybridized carbons (Fsp3) is 0.474. The van der Waals surface area contributed by atoms with Crippen LogP contribution in [0.4, 0.5) is 0 Å². The first kappa shape index (κ1) is 15.5. The Labute approximate surface area is 149 Å². The quantitative estimate of drug-likeness (QED) is 0.835. The monoisotopic (exact) mass is 353 g/mol. The molecule has 26 heavy (non-hydrogen) atoms. The van der Waals surface area contributed by atoms with E-state index in [4.69, 9.17) is 4.52 Å². The molecular formula is C19H19N3O4. The molecule has 1 N–H and O–H groups in total. The molecule has 2 aromatic rings. The summed E-state index contributed by atoms with van der Waals surface area (Å²) in [5, 5.41) is 7.09. The van der Waals surface area contributed by atoms with E-state index in [1.54, 1.807) is 18.2 Å². The number of amides is 3. The number of rotatable bonds is 2. The number of benzene rings is 1. The highest BCUT2D eigenvalue weighted by Gasteiger charge is 2.42. The minimum absolute atomic E-state index is 0.0484. The normalized spacial score (nSPS) is 28.0. The molecule has 0 spiro atoms. The van der Waals surface area contributed by atoms with Crippen LogP contribution in [-0.2, 0) is 9.59 Å². The third-order valence-corrected chi connectivity index (χ3v) is 6.00. The number of fused-ring (bicyclic) bond motifs is 3. The summed E-state index contributed by atoms with van der Waals surface area (Å²) < 4.78 is 5.35. The summed E-state index contributed by atoms with van der Waals surface area (Å²) in [5.74, 6) is -1.10. The molecule has 134 valence electrons. The smallest absolute Gasteiger partial charge is 0.254 e. The van der Waals surface area contributed by atoms with Crippen molar-refractivity contribution >= 4 is 28.7 Å². The average molecular weight is 353 g/mol. The van der Waals surface area contributed by atoms with Gasteiger partial charge in [0.05, 0.1) is 5.92 Å². The molecule has 0 radical (unpaired) electrons. The van der Waals surface area contributed by atoms with Crippen LogP contribution >= 0.6 is 0 Å². The number of imide groups is 1. The van der Waals surface area contributed by atoms with Gasteiger partial charge in [-0.15, -0.1) is 0 Å². The Morgan fingerprint density at radius 2 is 1.85 bits per heavy atom. The molecule has 3 aliphatic heterocycles. The van der Waals surface area contributed by atoms with Gasteiger partial charge in [0.2, 0.25) is 11.8 Å². The molecule has 0 saturated carbocycles. The van der Waals surface area contributed by atoms with E-state index in [1.165, 1.54) is 0 Å². The Bertz CT molecular complexity index is 914. The van der Waals surface area contributed by atoms with E-state index in [-0.39, 0.29) is 24.1 Å². The number of aromatic nitrogens is 1. The van der Waals surface area contributed by atoms with Gasteiger partial charge in [-0.3, -0.25) is 19.7 Å². The van der Waals surface area contributed by atoms with E-state index in [1.807, 2.05) is 4.90 Å². The molecule has 3 saturated heterocycles. The Balaban J connectivity index is 1.50. The first-order valence-electron chi connectivity index (χ1n) is 9.17. The summed E-state index contributed by atoms with van der Waals surface area (Å²) in [7, 11) is 0. The van der Waals surface area contributed by atoms with Gasteiger partial charge in [-0.05, 0) is 50.3 Å². The number of carbonyl (C=O) groups excluding carboxylic acids is 3. The molecule has 7 heteroatoms. The van der Waals surface area contributed by atoms with Gasteiger partial charge in [0.25, 0.3) is 5.91 Å². The van der Waals surface area contributed by atoms with Gasteiger partial charge in [0.15, 0.2) is 5.58 Å². The SMILES string of the molecule is O=C1CCC(c2noc3ccc(C(=O)N4C5CCC4CC5)cc23)C(=O)N1. The lowest BCUT2D eigenvalue weighted by Gasteiger charge is -2.22. The van der Waals surface area contributed by atoms with Gasteiger partial charge < -0.3 is 9.42 Å². The standard InChI is InChI=1S/C19H19N3O4/c23-16-8-6-13(18(24)20-16)17-14-9-10(1-7-15(14)26-21-17)19(25)22-11-2-3-12(22)5-4-11/h1,7,9,11-13H,2-6,8H2,(H,20,23,24).